The molecule has 1 amide bonds. The molecule has 0 fully saturated rings. The number of amides is 1. The van der Waals surface area contributed by atoms with Crippen LogP contribution in [-0.2, 0) is 40.3 Å². The molecule has 0 saturated carbocycles. The maximum atomic E-state index is 14.7. The van der Waals surface area contributed by atoms with Crippen LogP contribution in [0.15, 0.2) is 71.6 Å². The number of hydrogen-bond acceptors (Lipinski definition) is 5. The van der Waals surface area contributed by atoms with E-state index >= 15 is 0 Å². The summed E-state index contributed by atoms with van der Waals surface area (Å²) in [5.74, 6) is -1.24. The summed E-state index contributed by atoms with van der Waals surface area (Å²) in [7, 11) is -3.59. The quantitative estimate of drug-likeness (QED) is 0.217. The first-order valence-corrected chi connectivity index (χ1v) is 14.5. The lowest BCUT2D eigenvalue weighted by molar-refractivity contribution is -0.140. The highest BCUT2D eigenvalue weighted by molar-refractivity contribution is 7.90. The summed E-state index contributed by atoms with van der Waals surface area (Å²) in [6.45, 7) is 2.46. The highest BCUT2D eigenvalue weighted by Gasteiger charge is 2.34. The van der Waals surface area contributed by atoms with Crippen LogP contribution >= 0.6 is 0 Å². The molecule has 3 aromatic carbocycles. The van der Waals surface area contributed by atoms with Gasteiger partial charge in [-0.25, -0.2) is 12.8 Å². The number of carbonyl (C=O) groups excluding carboxylic acids is 1. The predicted octanol–water partition coefficient (Wildman–Crippen LogP) is 5.40. The minimum atomic E-state index is -4.79. The van der Waals surface area contributed by atoms with Crippen molar-refractivity contribution < 1.29 is 35.5 Å². The summed E-state index contributed by atoms with van der Waals surface area (Å²) in [6, 6.07) is 17.4. The third-order valence-electron chi connectivity index (χ3n) is 6.19. The highest BCUT2D eigenvalue weighted by Crippen LogP contribution is 2.32. The Morgan fingerprint density at radius 2 is 1.70 bits per heavy atom. The minimum Gasteiger partial charge on any atom is -0.494 e. The fourth-order valence-corrected chi connectivity index (χ4v) is 5.12. The lowest BCUT2D eigenvalue weighted by Gasteiger charge is -2.23. The molecule has 0 heterocycles. The van der Waals surface area contributed by atoms with Crippen molar-refractivity contribution in [1.82, 2.24) is 10.2 Å². The SMILES string of the molecule is CC(=O)NCc1ccc(OCCCN(CCc2ccccc2)Cc2cccc(C(F)(F)F)c2F)cc1S(C)(=O)=O. The highest BCUT2D eigenvalue weighted by atomic mass is 32.2. The Morgan fingerprint density at radius 3 is 2.35 bits per heavy atom. The Balaban J connectivity index is 1.68. The number of hydrogen-bond donors (Lipinski definition) is 1. The van der Waals surface area contributed by atoms with Gasteiger partial charge in [-0.3, -0.25) is 9.69 Å². The number of benzene rings is 3. The molecule has 0 atom stereocenters. The second-order valence-corrected chi connectivity index (χ2v) is 11.4. The maximum absolute atomic E-state index is 14.7. The molecular formula is C29H32F4N2O4S. The van der Waals surface area contributed by atoms with Crippen LogP contribution in [0.2, 0.25) is 0 Å². The Hall–Kier alpha value is -3.44. The van der Waals surface area contributed by atoms with E-state index in [4.69, 9.17) is 4.74 Å². The second-order valence-electron chi connectivity index (χ2n) is 9.44. The predicted molar refractivity (Wildman–Crippen MR) is 144 cm³/mol. The van der Waals surface area contributed by atoms with Gasteiger partial charge in [-0.2, -0.15) is 13.2 Å². The van der Waals surface area contributed by atoms with E-state index in [1.54, 1.807) is 12.1 Å². The van der Waals surface area contributed by atoms with Gasteiger partial charge in [0.1, 0.15) is 11.6 Å². The second kappa shape index (κ2) is 13.8. The van der Waals surface area contributed by atoms with E-state index in [1.807, 2.05) is 35.2 Å². The van der Waals surface area contributed by atoms with Crippen LogP contribution in [0.3, 0.4) is 0 Å². The summed E-state index contributed by atoms with van der Waals surface area (Å²) >= 11 is 0. The number of nitrogens with zero attached hydrogens (tertiary/aromatic N) is 1. The third-order valence-corrected chi connectivity index (χ3v) is 7.37. The number of nitrogens with one attached hydrogen (secondary N) is 1. The van der Waals surface area contributed by atoms with Gasteiger partial charge in [0.05, 0.1) is 17.1 Å². The van der Waals surface area contributed by atoms with Crippen molar-refractivity contribution in [3.8, 4) is 5.75 Å². The smallest absolute Gasteiger partial charge is 0.419 e. The molecule has 1 N–H and O–H groups in total. The molecule has 0 bridgehead atoms. The summed E-state index contributed by atoms with van der Waals surface area (Å²) in [6.07, 6.45) is -2.64. The zero-order valence-corrected chi connectivity index (χ0v) is 23.1. The first-order valence-electron chi connectivity index (χ1n) is 12.7. The number of halogens is 4. The van der Waals surface area contributed by atoms with Crippen LogP contribution < -0.4 is 10.1 Å². The molecule has 0 aliphatic rings. The van der Waals surface area contributed by atoms with Crippen LogP contribution in [0.25, 0.3) is 0 Å². The van der Waals surface area contributed by atoms with Crippen molar-refractivity contribution in [3.05, 3.63) is 94.8 Å². The minimum absolute atomic E-state index is 0.0152. The Morgan fingerprint density at radius 1 is 0.975 bits per heavy atom. The van der Waals surface area contributed by atoms with E-state index in [9.17, 15) is 30.8 Å². The van der Waals surface area contributed by atoms with E-state index in [-0.39, 0.29) is 36.1 Å². The number of rotatable bonds is 13. The number of alkyl halides is 3. The zero-order valence-electron chi connectivity index (χ0n) is 22.3. The maximum Gasteiger partial charge on any atom is 0.419 e. The van der Waals surface area contributed by atoms with E-state index in [2.05, 4.69) is 5.32 Å². The van der Waals surface area contributed by atoms with Crippen molar-refractivity contribution in [2.75, 3.05) is 26.0 Å². The van der Waals surface area contributed by atoms with Crippen molar-refractivity contribution in [2.24, 2.45) is 0 Å². The monoisotopic (exact) mass is 580 g/mol. The van der Waals surface area contributed by atoms with Crippen LogP contribution in [0.5, 0.6) is 5.75 Å². The molecule has 40 heavy (non-hydrogen) atoms. The molecule has 6 nitrogen and oxygen atoms in total. The summed E-state index contributed by atoms with van der Waals surface area (Å²) in [5, 5.41) is 2.58. The lowest BCUT2D eigenvalue weighted by Crippen LogP contribution is -2.28. The molecule has 0 aliphatic carbocycles. The van der Waals surface area contributed by atoms with Gasteiger partial charge in [0.15, 0.2) is 9.84 Å². The van der Waals surface area contributed by atoms with Gasteiger partial charge in [-0.05, 0) is 42.2 Å². The molecule has 0 aliphatic heterocycles. The number of ether oxygens (including phenoxy) is 1. The van der Waals surface area contributed by atoms with Gasteiger partial charge < -0.3 is 10.1 Å². The van der Waals surface area contributed by atoms with Crippen LogP contribution in [0, 0.1) is 5.82 Å². The molecule has 216 valence electrons. The molecule has 0 spiro atoms. The Kier molecular flexibility index (Phi) is 10.7. The van der Waals surface area contributed by atoms with Gasteiger partial charge in [0.2, 0.25) is 5.91 Å². The fraction of sp³-hybridized carbons (Fsp3) is 0.345. The van der Waals surface area contributed by atoms with Crippen molar-refractivity contribution in [1.29, 1.82) is 0 Å². The third kappa shape index (κ3) is 9.34. The van der Waals surface area contributed by atoms with Gasteiger partial charge in [-0.1, -0.05) is 48.5 Å². The van der Waals surface area contributed by atoms with E-state index in [1.165, 1.54) is 25.1 Å². The van der Waals surface area contributed by atoms with Gasteiger partial charge in [-0.15, -0.1) is 0 Å². The van der Waals surface area contributed by atoms with Crippen molar-refractivity contribution >= 4 is 15.7 Å². The normalized spacial score (nSPS) is 12.0. The molecule has 0 radical (unpaired) electrons. The van der Waals surface area contributed by atoms with Crippen LogP contribution in [-0.4, -0.2) is 45.2 Å². The van der Waals surface area contributed by atoms with Crippen molar-refractivity contribution in [2.45, 2.75) is 43.9 Å². The van der Waals surface area contributed by atoms with E-state index in [0.717, 1.165) is 17.9 Å². The first-order chi connectivity index (χ1) is 18.8. The lowest BCUT2D eigenvalue weighted by atomic mass is 10.1. The molecule has 11 heteroatoms. The van der Waals surface area contributed by atoms with Crippen molar-refractivity contribution in [3.63, 3.8) is 0 Å². The average Bonchev–Trinajstić information content (AvgIpc) is 2.89. The van der Waals surface area contributed by atoms with Crippen LogP contribution in [0.4, 0.5) is 17.6 Å². The fourth-order valence-electron chi connectivity index (χ4n) is 4.18. The largest absolute Gasteiger partial charge is 0.494 e. The van der Waals surface area contributed by atoms with Crippen LogP contribution in [0.1, 0.15) is 35.6 Å². The van der Waals surface area contributed by atoms with E-state index in [0.29, 0.717) is 37.2 Å². The summed E-state index contributed by atoms with van der Waals surface area (Å²) in [5.41, 5.74) is 0.137. The summed E-state index contributed by atoms with van der Waals surface area (Å²) < 4.78 is 84.7. The molecular weight excluding hydrogens is 548 g/mol. The first kappa shape index (κ1) is 31.1. The summed E-state index contributed by atoms with van der Waals surface area (Å²) in [4.78, 5) is 13.1. The topological polar surface area (TPSA) is 75.7 Å². The average molecular weight is 581 g/mol. The Bertz CT molecular complexity index is 1400. The van der Waals surface area contributed by atoms with Gasteiger partial charge in [0, 0.05) is 44.9 Å². The molecule has 0 saturated heterocycles. The zero-order chi connectivity index (χ0) is 29.3. The number of carbonyl (C=O) groups is 1. The molecule has 0 aromatic heterocycles. The standard InChI is InChI=1S/C29H32F4N2O4S/c1-21(36)34-19-23-12-13-25(18-27(23)40(2,37)38)39-17-7-15-35(16-14-22-8-4-3-5-9-22)20-24-10-6-11-26(28(24)30)29(31,32)33/h3-6,8-13,18H,7,14-17,19-20H2,1-2H3,(H,34,36). The van der Waals surface area contributed by atoms with Gasteiger partial charge in [0.25, 0.3) is 0 Å². The van der Waals surface area contributed by atoms with Gasteiger partial charge >= 0.3 is 6.18 Å². The number of sulfone groups is 1. The molecule has 3 rings (SSSR count). The molecule has 3 aromatic rings. The Labute approximate surface area is 231 Å². The molecule has 0 unspecified atom stereocenters. The van der Waals surface area contributed by atoms with E-state index < -0.39 is 27.4 Å².